The summed E-state index contributed by atoms with van der Waals surface area (Å²) in [5.74, 6) is -4.58. The molecule has 0 aliphatic carbocycles. The Hall–Kier alpha value is -2.11. The molecule has 2 rings (SSSR count). The van der Waals surface area contributed by atoms with Crippen LogP contribution in [0.15, 0.2) is 18.3 Å². The SMILES string of the molecule is CN(C)C(=O)c1cnc2c(F)c(F)c(F)cc2c1. The van der Waals surface area contributed by atoms with Crippen molar-refractivity contribution in [1.82, 2.24) is 9.88 Å². The Labute approximate surface area is 101 Å². The van der Waals surface area contributed by atoms with Crippen LogP contribution in [-0.4, -0.2) is 29.9 Å². The van der Waals surface area contributed by atoms with Crippen LogP contribution in [0.3, 0.4) is 0 Å². The standard InChI is InChI=1S/C12H9F3N2O/c1-17(2)12(18)7-3-6-4-8(13)9(14)10(15)11(6)16-5-7/h3-5H,1-2H3. The number of rotatable bonds is 1. The zero-order valence-electron chi connectivity index (χ0n) is 9.67. The minimum atomic E-state index is -1.57. The molecule has 0 aliphatic rings. The van der Waals surface area contributed by atoms with Crippen LogP contribution in [0.1, 0.15) is 10.4 Å². The Morgan fingerprint density at radius 1 is 1.17 bits per heavy atom. The molecule has 0 atom stereocenters. The van der Waals surface area contributed by atoms with E-state index in [0.717, 1.165) is 12.3 Å². The highest BCUT2D eigenvalue weighted by atomic mass is 19.2. The van der Waals surface area contributed by atoms with Crippen LogP contribution in [0.25, 0.3) is 10.9 Å². The van der Waals surface area contributed by atoms with Crippen molar-refractivity contribution in [3.8, 4) is 0 Å². The van der Waals surface area contributed by atoms with Crippen molar-refractivity contribution in [1.29, 1.82) is 0 Å². The number of hydrogen-bond donors (Lipinski definition) is 0. The van der Waals surface area contributed by atoms with Crippen LogP contribution in [0.5, 0.6) is 0 Å². The fourth-order valence-corrected chi connectivity index (χ4v) is 1.56. The normalized spacial score (nSPS) is 10.7. The Bertz CT molecular complexity index is 641. The summed E-state index contributed by atoms with van der Waals surface area (Å²) in [6.07, 6.45) is 1.13. The molecule has 0 saturated carbocycles. The van der Waals surface area contributed by atoms with Crippen LogP contribution in [-0.2, 0) is 0 Å². The summed E-state index contributed by atoms with van der Waals surface area (Å²) < 4.78 is 39.4. The number of carbonyl (C=O) groups is 1. The van der Waals surface area contributed by atoms with Gasteiger partial charge in [-0.05, 0) is 12.1 Å². The van der Waals surface area contributed by atoms with E-state index in [-0.39, 0.29) is 22.4 Å². The lowest BCUT2D eigenvalue weighted by molar-refractivity contribution is 0.0827. The Morgan fingerprint density at radius 3 is 2.44 bits per heavy atom. The third-order valence-electron chi connectivity index (χ3n) is 2.46. The van der Waals surface area contributed by atoms with Crippen molar-refractivity contribution < 1.29 is 18.0 Å². The molecule has 3 nitrogen and oxygen atoms in total. The third-order valence-corrected chi connectivity index (χ3v) is 2.46. The quantitative estimate of drug-likeness (QED) is 0.732. The minimum Gasteiger partial charge on any atom is -0.345 e. The predicted octanol–water partition coefficient (Wildman–Crippen LogP) is 2.35. The van der Waals surface area contributed by atoms with Gasteiger partial charge in [0.1, 0.15) is 5.52 Å². The molecule has 1 heterocycles. The molecule has 0 N–H and O–H groups in total. The molecule has 2 aromatic rings. The molecule has 0 radical (unpaired) electrons. The molecule has 0 fully saturated rings. The highest BCUT2D eigenvalue weighted by Gasteiger charge is 2.16. The van der Waals surface area contributed by atoms with Crippen LogP contribution in [0.4, 0.5) is 13.2 Å². The smallest absolute Gasteiger partial charge is 0.254 e. The van der Waals surface area contributed by atoms with E-state index < -0.39 is 17.5 Å². The van der Waals surface area contributed by atoms with Gasteiger partial charge in [0.25, 0.3) is 5.91 Å². The number of hydrogen-bond acceptors (Lipinski definition) is 2. The van der Waals surface area contributed by atoms with E-state index >= 15 is 0 Å². The van der Waals surface area contributed by atoms with Gasteiger partial charge in [-0.15, -0.1) is 0 Å². The topological polar surface area (TPSA) is 33.2 Å². The first-order valence-electron chi connectivity index (χ1n) is 5.06. The van der Waals surface area contributed by atoms with Crippen LogP contribution < -0.4 is 0 Å². The zero-order chi connectivity index (χ0) is 13.4. The number of aromatic nitrogens is 1. The Morgan fingerprint density at radius 2 is 1.83 bits per heavy atom. The van der Waals surface area contributed by atoms with Crippen molar-refractivity contribution in [2.75, 3.05) is 14.1 Å². The fourth-order valence-electron chi connectivity index (χ4n) is 1.56. The second kappa shape index (κ2) is 4.29. The molecule has 6 heteroatoms. The summed E-state index contributed by atoms with van der Waals surface area (Å²) in [6.45, 7) is 0. The first-order chi connectivity index (χ1) is 8.41. The van der Waals surface area contributed by atoms with Crippen molar-refractivity contribution in [3.63, 3.8) is 0 Å². The van der Waals surface area contributed by atoms with Gasteiger partial charge in [0, 0.05) is 25.7 Å². The molecule has 1 aromatic carbocycles. The molecular formula is C12H9F3N2O. The summed E-state index contributed by atoms with van der Waals surface area (Å²) in [5.41, 5.74) is -0.123. The van der Waals surface area contributed by atoms with Gasteiger partial charge in [0.2, 0.25) is 0 Å². The summed E-state index contributed by atoms with van der Waals surface area (Å²) in [4.78, 5) is 16.6. The fraction of sp³-hybridized carbons (Fsp3) is 0.167. The molecule has 18 heavy (non-hydrogen) atoms. The first-order valence-corrected chi connectivity index (χ1v) is 5.06. The van der Waals surface area contributed by atoms with Gasteiger partial charge in [0.15, 0.2) is 17.5 Å². The van der Waals surface area contributed by atoms with E-state index in [0.29, 0.717) is 0 Å². The molecular weight excluding hydrogens is 245 g/mol. The van der Waals surface area contributed by atoms with E-state index in [1.165, 1.54) is 11.0 Å². The second-order valence-corrected chi connectivity index (χ2v) is 3.98. The lowest BCUT2D eigenvalue weighted by Gasteiger charge is -2.10. The van der Waals surface area contributed by atoms with Gasteiger partial charge in [-0.3, -0.25) is 9.78 Å². The van der Waals surface area contributed by atoms with Gasteiger partial charge in [0.05, 0.1) is 5.56 Å². The number of fused-ring (bicyclic) bond motifs is 1. The van der Waals surface area contributed by atoms with Crippen LogP contribution in [0, 0.1) is 17.5 Å². The van der Waals surface area contributed by atoms with E-state index in [9.17, 15) is 18.0 Å². The summed E-state index contributed by atoms with van der Waals surface area (Å²) in [7, 11) is 3.08. The minimum absolute atomic E-state index is 0.0408. The number of benzene rings is 1. The van der Waals surface area contributed by atoms with Gasteiger partial charge < -0.3 is 4.90 Å². The van der Waals surface area contributed by atoms with Gasteiger partial charge >= 0.3 is 0 Å². The second-order valence-electron chi connectivity index (χ2n) is 3.98. The number of halogens is 3. The molecule has 0 spiro atoms. The Balaban J connectivity index is 2.66. The predicted molar refractivity (Wildman–Crippen MR) is 59.6 cm³/mol. The van der Waals surface area contributed by atoms with Crippen LogP contribution in [0.2, 0.25) is 0 Å². The van der Waals surface area contributed by atoms with Crippen LogP contribution >= 0.6 is 0 Å². The lowest BCUT2D eigenvalue weighted by atomic mass is 10.1. The number of pyridine rings is 1. The third kappa shape index (κ3) is 1.90. The summed E-state index contributed by atoms with van der Waals surface area (Å²) in [6, 6.07) is 2.09. The molecule has 0 bridgehead atoms. The lowest BCUT2D eigenvalue weighted by Crippen LogP contribution is -2.21. The maximum atomic E-state index is 13.4. The van der Waals surface area contributed by atoms with Gasteiger partial charge in [-0.2, -0.15) is 0 Å². The molecule has 94 valence electrons. The van der Waals surface area contributed by atoms with Gasteiger partial charge in [-0.25, -0.2) is 13.2 Å². The highest BCUT2D eigenvalue weighted by Crippen LogP contribution is 2.22. The van der Waals surface area contributed by atoms with E-state index in [1.807, 2.05) is 0 Å². The monoisotopic (exact) mass is 254 g/mol. The molecule has 0 saturated heterocycles. The average molecular weight is 254 g/mol. The number of carbonyl (C=O) groups excluding carboxylic acids is 1. The van der Waals surface area contributed by atoms with E-state index in [4.69, 9.17) is 0 Å². The maximum Gasteiger partial charge on any atom is 0.254 e. The van der Waals surface area contributed by atoms with Crippen molar-refractivity contribution in [2.24, 2.45) is 0 Å². The van der Waals surface area contributed by atoms with E-state index in [1.54, 1.807) is 14.1 Å². The maximum absolute atomic E-state index is 13.4. The van der Waals surface area contributed by atoms with Crippen molar-refractivity contribution >= 4 is 16.8 Å². The largest absolute Gasteiger partial charge is 0.345 e. The first kappa shape index (κ1) is 12.3. The summed E-state index contributed by atoms with van der Waals surface area (Å²) >= 11 is 0. The van der Waals surface area contributed by atoms with Gasteiger partial charge in [-0.1, -0.05) is 0 Å². The molecule has 0 aliphatic heterocycles. The molecule has 1 amide bonds. The average Bonchev–Trinajstić information content (AvgIpc) is 2.34. The zero-order valence-corrected chi connectivity index (χ0v) is 9.67. The number of nitrogens with zero attached hydrogens (tertiary/aromatic N) is 2. The summed E-state index contributed by atoms with van der Waals surface area (Å²) in [5, 5.41) is 0.0408. The molecule has 0 unspecified atom stereocenters. The highest BCUT2D eigenvalue weighted by molar-refractivity contribution is 5.97. The molecule has 1 aromatic heterocycles. The Kier molecular flexibility index (Phi) is 2.94. The van der Waals surface area contributed by atoms with E-state index in [2.05, 4.69) is 4.98 Å². The van der Waals surface area contributed by atoms with Crippen molar-refractivity contribution in [3.05, 3.63) is 41.3 Å². The number of amides is 1. The van der Waals surface area contributed by atoms with Crippen molar-refractivity contribution in [2.45, 2.75) is 0 Å².